The van der Waals surface area contributed by atoms with Gasteiger partial charge in [-0.25, -0.2) is 0 Å². The lowest BCUT2D eigenvalue weighted by Gasteiger charge is -2.06. The second kappa shape index (κ2) is 5.31. The molecular weight excluding hydrogens is 196 g/mol. The molecule has 0 bridgehead atoms. The van der Waals surface area contributed by atoms with E-state index >= 15 is 0 Å². The van der Waals surface area contributed by atoms with Gasteiger partial charge in [0.05, 0.1) is 11.5 Å². The molecule has 0 spiro atoms. The van der Waals surface area contributed by atoms with E-state index in [1.165, 1.54) is 6.07 Å². The topological polar surface area (TPSA) is 78.4 Å². The molecule has 0 unspecified atom stereocenters. The van der Waals surface area contributed by atoms with Gasteiger partial charge in [0.15, 0.2) is 5.75 Å². The van der Waals surface area contributed by atoms with Crippen molar-refractivity contribution < 1.29 is 9.66 Å². The van der Waals surface area contributed by atoms with E-state index < -0.39 is 4.92 Å². The van der Waals surface area contributed by atoms with Crippen LogP contribution in [0.15, 0.2) is 18.2 Å². The zero-order valence-electron chi connectivity index (χ0n) is 8.60. The summed E-state index contributed by atoms with van der Waals surface area (Å²) in [6.07, 6.45) is 0.815. The molecule has 0 heterocycles. The summed E-state index contributed by atoms with van der Waals surface area (Å²) in [7, 11) is 0. The van der Waals surface area contributed by atoms with Crippen molar-refractivity contribution in [1.29, 1.82) is 0 Å². The van der Waals surface area contributed by atoms with Gasteiger partial charge in [-0.1, -0.05) is 13.0 Å². The molecule has 5 heteroatoms. The molecule has 0 saturated heterocycles. The molecule has 0 amide bonds. The van der Waals surface area contributed by atoms with E-state index in [9.17, 15) is 10.1 Å². The lowest BCUT2D eigenvalue weighted by atomic mass is 10.2. The zero-order valence-corrected chi connectivity index (χ0v) is 8.60. The van der Waals surface area contributed by atoms with Crippen LogP contribution in [0.25, 0.3) is 0 Å². The van der Waals surface area contributed by atoms with Crippen molar-refractivity contribution in [2.75, 3.05) is 6.61 Å². The molecule has 0 saturated carbocycles. The van der Waals surface area contributed by atoms with Crippen molar-refractivity contribution >= 4 is 5.69 Å². The van der Waals surface area contributed by atoms with Gasteiger partial charge in [0.25, 0.3) is 0 Å². The smallest absolute Gasteiger partial charge is 0.311 e. The third-order valence-corrected chi connectivity index (χ3v) is 1.92. The average molecular weight is 210 g/mol. The van der Waals surface area contributed by atoms with Crippen molar-refractivity contribution in [3.05, 3.63) is 33.9 Å². The highest BCUT2D eigenvalue weighted by atomic mass is 16.6. The van der Waals surface area contributed by atoms with E-state index in [0.717, 1.165) is 12.0 Å². The zero-order chi connectivity index (χ0) is 11.3. The predicted octanol–water partition coefficient (Wildman–Crippen LogP) is 1.84. The highest BCUT2D eigenvalue weighted by Gasteiger charge is 2.15. The maximum Gasteiger partial charge on any atom is 0.311 e. The van der Waals surface area contributed by atoms with Crippen LogP contribution in [-0.2, 0) is 6.54 Å². The summed E-state index contributed by atoms with van der Waals surface area (Å²) >= 11 is 0. The maximum atomic E-state index is 10.7. The molecule has 15 heavy (non-hydrogen) atoms. The minimum Gasteiger partial charge on any atom is -0.487 e. The van der Waals surface area contributed by atoms with Crippen LogP contribution in [0.2, 0.25) is 0 Å². The number of nitrogens with two attached hydrogens (primary N) is 1. The molecule has 0 aliphatic rings. The summed E-state index contributed by atoms with van der Waals surface area (Å²) in [6, 6.07) is 4.78. The molecule has 0 radical (unpaired) electrons. The molecule has 0 aromatic heterocycles. The Morgan fingerprint density at radius 2 is 2.27 bits per heavy atom. The molecule has 2 N–H and O–H groups in total. The van der Waals surface area contributed by atoms with Crippen LogP contribution < -0.4 is 10.5 Å². The average Bonchev–Trinajstić information content (AvgIpc) is 2.26. The van der Waals surface area contributed by atoms with Crippen molar-refractivity contribution in [1.82, 2.24) is 0 Å². The van der Waals surface area contributed by atoms with Crippen molar-refractivity contribution in [2.24, 2.45) is 5.73 Å². The Balaban J connectivity index is 2.98. The monoisotopic (exact) mass is 210 g/mol. The lowest BCUT2D eigenvalue weighted by Crippen LogP contribution is -2.02. The highest BCUT2D eigenvalue weighted by Crippen LogP contribution is 2.27. The first-order chi connectivity index (χ1) is 7.19. The third-order valence-electron chi connectivity index (χ3n) is 1.92. The van der Waals surface area contributed by atoms with Gasteiger partial charge >= 0.3 is 5.69 Å². The quantitative estimate of drug-likeness (QED) is 0.594. The van der Waals surface area contributed by atoms with Crippen molar-refractivity contribution in [2.45, 2.75) is 19.9 Å². The molecule has 0 aliphatic heterocycles. The molecule has 0 fully saturated rings. The van der Waals surface area contributed by atoms with Gasteiger partial charge in [-0.05, 0) is 18.1 Å². The van der Waals surface area contributed by atoms with Crippen LogP contribution in [-0.4, -0.2) is 11.5 Å². The fraction of sp³-hybridized carbons (Fsp3) is 0.400. The van der Waals surface area contributed by atoms with Crippen LogP contribution in [0.5, 0.6) is 5.75 Å². The third kappa shape index (κ3) is 2.92. The number of hydrogen-bond acceptors (Lipinski definition) is 4. The van der Waals surface area contributed by atoms with Crippen LogP contribution >= 0.6 is 0 Å². The Morgan fingerprint density at radius 1 is 1.53 bits per heavy atom. The Morgan fingerprint density at radius 3 is 2.80 bits per heavy atom. The van der Waals surface area contributed by atoms with E-state index in [1.54, 1.807) is 12.1 Å². The number of ether oxygens (including phenoxy) is 1. The van der Waals surface area contributed by atoms with Gasteiger partial charge < -0.3 is 10.5 Å². The normalized spacial score (nSPS) is 10.0. The summed E-state index contributed by atoms with van der Waals surface area (Å²) in [5.41, 5.74) is 6.11. The first kappa shape index (κ1) is 11.5. The SMILES string of the molecule is CCCOc1ccc(CN)cc1[N+](=O)[O-]. The Bertz CT molecular complexity index is 353. The largest absolute Gasteiger partial charge is 0.487 e. The van der Waals surface area contributed by atoms with E-state index in [4.69, 9.17) is 10.5 Å². The number of rotatable bonds is 5. The number of nitro groups is 1. The standard InChI is InChI=1S/C10H14N2O3/c1-2-5-15-10-4-3-8(7-11)6-9(10)12(13)14/h3-4,6H,2,5,7,11H2,1H3. The first-order valence-corrected chi connectivity index (χ1v) is 4.79. The first-order valence-electron chi connectivity index (χ1n) is 4.79. The van der Waals surface area contributed by atoms with E-state index in [2.05, 4.69) is 0 Å². The van der Waals surface area contributed by atoms with E-state index in [0.29, 0.717) is 12.4 Å². The summed E-state index contributed by atoms with van der Waals surface area (Å²) in [6.45, 7) is 2.71. The van der Waals surface area contributed by atoms with E-state index in [1.807, 2.05) is 6.92 Å². The molecule has 5 nitrogen and oxygen atoms in total. The minimum atomic E-state index is -0.454. The van der Waals surface area contributed by atoms with Crippen molar-refractivity contribution in [3.8, 4) is 5.75 Å². The van der Waals surface area contributed by atoms with Gasteiger partial charge in [0, 0.05) is 12.6 Å². The van der Waals surface area contributed by atoms with Crippen molar-refractivity contribution in [3.63, 3.8) is 0 Å². The number of benzene rings is 1. The summed E-state index contributed by atoms with van der Waals surface area (Å²) in [5, 5.41) is 10.7. The fourth-order valence-electron chi connectivity index (χ4n) is 1.17. The summed E-state index contributed by atoms with van der Waals surface area (Å²) in [5.74, 6) is 0.305. The number of hydrogen-bond donors (Lipinski definition) is 1. The fourth-order valence-corrected chi connectivity index (χ4v) is 1.17. The molecule has 1 aromatic carbocycles. The van der Waals surface area contributed by atoms with Gasteiger partial charge in [-0.2, -0.15) is 0 Å². The van der Waals surface area contributed by atoms with Crippen LogP contribution in [0.3, 0.4) is 0 Å². The predicted molar refractivity (Wildman–Crippen MR) is 56.8 cm³/mol. The van der Waals surface area contributed by atoms with Crippen LogP contribution in [0.1, 0.15) is 18.9 Å². The van der Waals surface area contributed by atoms with E-state index in [-0.39, 0.29) is 12.2 Å². The van der Waals surface area contributed by atoms with Crippen LogP contribution in [0.4, 0.5) is 5.69 Å². The van der Waals surface area contributed by atoms with Gasteiger partial charge in [0.1, 0.15) is 0 Å². The maximum absolute atomic E-state index is 10.7. The Labute approximate surface area is 88.0 Å². The minimum absolute atomic E-state index is 0.0219. The number of nitrogens with zero attached hydrogens (tertiary/aromatic N) is 1. The molecule has 0 atom stereocenters. The second-order valence-corrected chi connectivity index (χ2v) is 3.11. The summed E-state index contributed by atoms with van der Waals surface area (Å²) < 4.78 is 5.26. The van der Waals surface area contributed by atoms with Gasteiger partial charge in [-0.15, -0.1) is 0 Å². The van der Waals surface area contributed by atoms with Crippen LogP contribution in [0, 0.1) is 10.1 Å². The molecule has 0 aliphatic carbocycles. The summed E-state index contributed by atoms with van der Waals surface area (Å²) in [4.78, 5) is 10.3. The lowest BCUT2D eigenvalue weighted by molar-refractivity contribution is -0.385. The Hall–Kier alpha value is -1.62. The second-order valence-electron chi connectivity index (χ2n) is 3.11. The Kier molecular flexibility index (Phi) is 4.05. The number of nitro benzene ring substituents is 1. The molecule has 82 valence electrons. The van der Waals surface area contributed by atoms with Gasteiger partial charge in [0.2, 0.25) is 0 Å². The van der Waals surface area contributed by atoms with Gasteiger partial charge in [-0.3, -0.25) is 10.1 Å². The molecule has 1 aromatic rings. The molecule has 1 rings (SSSR count). The molecular formula is C10H14N2O3. The highest BCUT2D eigenvalue weighted by molar-refractivity contribution is 5.48.